The number of hydrogen-bond donors (Lipinski definition) is 0. The maximum atomic E-state index is 5.59. The first-order valence-electron chi connectivity index (χ1n) is 2.52. The molecule has 0 saturated heterocycles. The summed E-state index contributed by atoms with van der Waals surface area (Å²) in [5.41, 5.74) is 1.05. The Morgan fingerprint density at radius 1 is 1.88 bits per heavy atom. The van der Waals surface area contributed by atoms with Crippen LogP contribution in [0.3, 0.4) is 0 Å². The molecule has 44 valence electrons. The Hall–Kier alpha value is -0.500. The molecule has 3 heteroatoms. The van der Waals surface area contributed by atoms with Crippen molar-refractivity contribution in [1.29, 1.82) is 0 Å². The van der Waals surface area contributed by atoms with Crippen molar-refractivity contribution in [2.45, 2.75) is 13.3 Å². The molecule has 0 bridgehead atoms. The van der Waals surface area contributed by atoms with E-state index in [4.69, 9.17) is 11.8 Å². The predicted octanol–water partition coefficient (Wildman–Crippen LogP) is 1.45. The van der Waals surface area contributed by atoms with Gasteiger partial charge in [-0.2, -0.15) is 0 Å². The molecule has 1 rings (SSSR count). The molecule has 0 spiro atoms. The number of rotatable bonds is 1. The minimum Gasteiger partial charge on any atom is -0.246 e. The zero-order valence-corrected chi connectivity index (χ0v) is 5.39. The topological polar surface area (TPSA) is 17.8 Å². The number of nitrogens with zero attached hydrogens (tertiary/aromatic N) is 2. The van der Waals surface area contributed by atoms with Crippen LogP contribution in [0.4, 0.5) is 0 Å². The van der Waals surface area contributed by atoms with Crippen molar-refractivity contribution in [3.05, 3.63) is 18.2 Å². The van der Waals surface area contributed by atoms with Gasteiger partial charge in [-0.05, 0) is 6.42 Å². The van der Waals surface area contributed by atoms with E-state index in [1.807, 2.05) is 6.92 Å². The third-order valence-electron chi connectivity index (χ3n) is 1.03. The minimum absolute atomic E-state index is 0.934. The van der Waals surface area contributed by atoms with Crippen molar-refractivity contribution in [2.24, 2.45) is 0 Å². The van der Waals surface area contributed by atoms with Gasteiger partial charge in [-0.25, -0.2) is 9.07 Å². The molecule has 1 aromatic rings. The van der Waals surface area contributed by atoms with E-state index in [9.17, 15) is 0 Å². The van der Waals surface area contributed by atoms with E-state index in [0.29, 0.717) is 0 Å². The lowest BCUT2D eigenvalue weighted by atomic mass is 10.4. The molecular formula is C5H7ClN2. The largest absolute Gasteiger partial charge is 0.246 e. The van der Waals surface area contributed by atoms with Gasteiger partial charge in [0.05, 0.1) is 5.69 Å². The average Bonchev–Trinajstić information content (AvgIpc) is 2.14. The molecule has 0 aliphatic carbocycles. The molecule has 0 radical (unpaired) electrons. The van der Waals surface area contributed by atoms with E-state index < -0.39 is 0 Å². The second kappa shape index (κ2) is 2.18. The Bertz CT molecular complexity index is 171. The highest BCUT2D eigenvalue weighted by atomic mass is 35.5. The summed E-state index contributed by atoms with van der Waals surface area (Å²) in [5, 5.41) is 0. The van der Waals surface area contributed by atoms with Crippen molar-refractivity contribution in [3.63, 3.8) is 0 Å². The lowest BCUT2D eigenvalue weighted by Gasteiger charge is -1.89. The van der Waals surface area contributed by atoms with E-state index in [-0.39, 0.29) is 0 Å². The molecule has 0 fully saturated rings. The van der Waals surface area contributed by atoms with Crippen LogP contribution in [-0.4, -0.2) is 9.07 Å². The molecule has 0 N–H and O–H groups in total. The molecule has 0 aliphatic heterocycles. The van der Waals surface area contributed by atoms with Crippen LogP contribution >= 0.6 is 11.8 Å². The van der Waals surface area contributed by atoms with Crippen molar-refractivity contribution in [2.75, 3.05) is 0 Å². The van der Waals surface area contributed by atoms with Crippen LogP contribution in [0.2, 0.25) is 0 Å². The molecule has 8 heavy (non-hydrogen) atoms. The Morgan fingerprint density at radius 2 is 2.62 bits per heavy atom. The fraction of sp³-hybridized carbons (Fsp3) is 0.400. The van der Waals surface area contributed by atoms with Gasteiger partial charge in [0.15, 0.2) is 0 Å². The fourth-order valence-corrected chi connectivity index (χ4v) is 0.763. The lowest BCUT2D eigenvalue weighted by molar-refractivity contribution is 1.01. The molecule has 1 aromatic heterocycles. The first-order chi connectivity index (χ1) is 3.84. The Morgan fingerprint density at radius 3 is 2.88 bits per heavy atom. The van der Waals surface area contributed by atoms with Gasteiger partial charge in [-0.3, -0.25) is 0 Å². The first-order valence-corrected chi connectivity index (χ1v) is 2.85. The number of halogens is 1. The summed E-state index contributed by atoms with van der Waals surface area (Å²) >= 11 is 5.59. The standard InChI is InChI=1S/C5H7ClN2/c1-2-5-3-7-4-8(5)6/h3-4H,2H2,1H3. The summed E-state index contributed by atoms with van der Waals surface area (Å²) in [6.45, 7) is 2.04. The second-order valence-corrected chi connectivity index (χ2v) is 1.91. The molecular weight excluding hydrogens is 124 g/mol. The van der Waals surface area contributed by atoms with Crippen LogP contribution in [0.15, 0.2) is 12.5 Å². The molecule has 0 saturated carbocycles. The van der Waals surface area contributed by atoms with Crippen molar-refractivity contribution >= 4 is 11.8 Å². The highest BCUT2D eigenvalue weighted by molar-refractivity contribution is 6.15. The highest BCUT2D eigenvalue weighted by Gasteiger charge is 1.92. The van der Waals surface area contributed by atoms with Crippen LogP contribution in [0, 0.1) is 0 Å². The lowest BCUT2D eigenvalue weighted by Crippen LogP contribution is -1.83. The van der Waals surface area contributed by atoms with Crippen LogP contribution in [0.25, 0.3) is 0 Å². The van der Waals surface area contributed by atoms with Crippen molar-refractivity contribution in [3.8, 4) is 0 Å². The Balaban J connectivity index is 2.92. The van der Waals surface area contributed by atoms with E-state index in [0.717, 1.165) is 12.1 Å². The van der Waals surface area contributed by atoms with Gasteiger partial charge in [0.25, 0.3) is 0 Å². The molecule has 2 nitrogen and oxygen atoms in total. The van der Waals surface area contributed by atoms with E-state index >= 15 is 0 Å². The second-order valence-electron chi connectivity index (χ2n) is 1.55. The van der Waals surface area contributed by atoms with E-state index in [2.05, 4.69) is 4.98 Å². The van der Waals surface area contributed by atoms with Gasteiger partial charge in [0.2, 0.25) is 0 Å². The Kier molecular flexibility index (Phi) is 1.53. The smallest absolute Gasteiger partial charge is 0.110 e. The number of aryl methyl sites for hydroxylation is 1. The molecule has 0 aliphatic rings. The molecule has 1 heterocycles. The van der Waals surface area contributed by atoms with E-state index in [1.54, 1.807) is 12.5 Å². The summed E-state index contributed by atoms with van der Waals surface area (Å²) in [5.74, 6) is 0. The third kappa shape index (κ3) is 0.842. The zero-order valence-electron chi connectivity index (χ0n) is 4.63. The number of imidazole rings is 1. The zero-order chi connectivity index (χ0) is 5.98. The minimum atomic E-state index is 0.934. The fourth-order valence-electron chi connectivity index (χ4n) is 0.550. The molecule has 0 atom stereocenters. The number of aromatic nitrogens is 2. The van der Waals surface area contributed by atoms with Crippen LogP contribution in [0.5, 0.6) is 0 Å². The number of hydrogen-bond acceptors (Lipinski definition) is 1. The van der Waals surface area contributed by atoms with Gasteiger partial charge in [0, 0.05) is 18.0 Å². The Labute approximate surface area is 53.2 Å². The van der Waals surface area contributed by atoms with Crippen LogP contribution in [-0.2, 0) is 6.42 Å². The van der Waals surface area contributed by atoms with Gasteiger partial charge < -0.3 is 0 Å². The predicted molar refractivity (Wildman–Crippen MR) is 32.9 cm³/mol. The first kappa shape index (κ1) is 5.63. The van der Waals surface area contributed by atoms with Gasteiger partial charge >= 0.3 is 0 Å². The summed E-state index contributed by atoms with van der Waals surface area (Å²) in [4.78, 5) is 3.82. The molecule has 0 amide bonds. The van der Waals surface area contributed by atoms with Crippen LogP contribution < -0.4 is 0 Å². The highest BCUT2D eigenvalue weighted by Crippen LogP contribution is 1.99. The third-order valence-corrected chi connectivity index (χ3v) is 1.33. The van der Waals surface area contributed by atoms with Crippen molar-refractivity contribution in [1.82, 2.24) is 9.07 Å². The van der Waals surface area contributed by atoms with E-state index in [1.165, 1.54) is 4.09 Å². The average molecular weight is 131 g/mol. The molecule has 0 unspecified atom stereocenters. The van der Waals surface area contributed by atoms with Gasteiger partial charge in [-0.1, -0.05) is 6.92 Å². The molecule has 0 aromatic carbocycles. The summed E-state index contributed by atoms with van der Waals surface area (Å²) in [6.07, 6.45) is 4.27. The monoisotopic (exact) mass is 130 g/mol. The maximum Gasteiger partial charge on any atom is 0.110 e. The SMILES string of the molecule is CCc1cncn1Cl. The maximum absolute atomic E-state index is 5.59. The summed E-state index contributed by atoms with van der Waals surface area (Å²) in [7, 11) is 0. The summed E-state index contributed by atoms with van der Waals surface area (Å²) in [6, 6.07) is 0. The van der Waals surface area contributed by atoms with Crippen LogP contribution in [0.1, 0.15) is 12.6 Å². The normalized spacial score (nSPS) is 9.75. The van der Waals surface area contributed by atoms with Gasteiger partial charge in [-0.15, -0.1) is 0 Å². The quantitative estimate of drug-likeness (QED) is 0.563. The van der Waals surface area contributed by atoms with Crippen molar-refractivity contribution < 1.29 is 0 Å². The van der Waals surface area contributed by atoms with Gasteiger partial charge in [0.1, 0.15) is 6.33 Å². The summed E-state index contributed by atoms with van der Waals surface area (Å²) < 4.78 is 1.50.